The maximum Gasteiger partial charge on any atom is 0.115 e. The molecule has 0 fully saturated rings. The average Bonchev–Trinajstić information content (AvgIpc) is 3.87. The molecule has 210 valence electrons. The van der Waals surface area contributed by atoms with Gasteiger partial charge >= 0.3 is 0 Å². The summed E-state index contributed by atoms with van der Waals surface area (Å²) in [6.07, 6.45) is 8.30. The van der Waals surface area contributed by atoms with Crippen molar-refractivity contribution in [1.29, 1.82) is 0 Å². The highest BCUT2D eigenvalue weighted by molar-refractivity contribution is 5.97. The van der Waals surface area contributed by atoms with Gasteiger partial charge in [-0.1, -0.05) is 72.3 Å². The molecule has 3 aromatic carbocycles. The van der Waals surface area contributed by atoms with Crippen molar-refractivity contribution in [3.05, 3.63) is 138 Å². The van der Waals surface area contributed by atoms with E-state index in [1.807, 2.05) is 18.2 Å². The third-order valence-corrected chi connectivity index (χ3v) is 8.13. The molecule has 0 saturated heterocycles. The van der Waals surface area contributed by atoms with Crippen LogP contribution in [0.2, 0.25) is 0 Å². The van der Waals surface area contributed by atoms with Crippen molar-refractivity contribution >= 4 is 46.4 Å². The summed E-state index contributed by atoms with van der Waals surface area (Å²) in [4.78, 5) is 17.7. The summed E-state index contributed by atoms with van der Waals surface area (Å²) in [5, 5.41) is 10.0. The highest BCUT2D eigenvalue weighted by Gasteiger charge is 2.16. The van der Waals surface area contributed by atoms with Gasteiger partial charge in [0, 0.05) is 38.8 Å². The molecule has 5 heterocycles. The van der Waals surface area contributed by atoms with Crippen LogP contribution in [-0.4, -0.2) is 25.0 Å². The van der Waals surface area contributed by atoms with E-state index in [9.17, 15) is 5.11 Å². The quantitative estimate of drug-likeness (QED) is 0.199. The maximum absolute atomic E-state index is 10.0. The van der Waals surface area contributed by atoms with Gasteiger partial charge in [-0.3, -0.25) is 0 Å². The Kier molecular flexibility index (Phi) is 6.09. The van der Waals surface area contributed by atoms with Crippen LogP contribution in [0.15, 0.2) is 109 Å². The van der Waals surface area contributed by atoms with E-state index < -0.39 is 0 Å². The smallest absolute Gasteiger partial charge is 0.115 e. The first kappa shape index (κ1) is 25.7. The van der Waals surface area contributed by atoms with Crippen LogP contribution in [0, 0.1) is 6.92 Å². The lowest BCUT2D eigenvalue weighted by Crippen LogP contribution is -1.88. The van der Waals surface area contributed by atoms with Gasteiger partial charge in [0.05, 0.1) is 22.8 Å². The van der Waals surface area contributed by atoms with Crippen molar-refractivity contribution in [3.8, 4) is 39.1 Å². The second-order valence-electron chi connectivity index (χ2n) is 11.1. The molecular weight excluding hydrogens is 540 g/mol. The molecule has 44 heavy (non-hydrogen) atoms. The molecule has 2 aliphatic heterocycles. The number of nitrogens with one attached hydrogen (secondary N) is 2. The first-order valence-corrected chi connectivity index (χ1v) is 14.6. The van der Waals surface area contributed by atoms with Crippen molar-refractivity contribution in [2.45, 2.75) is 6.92 Å². The van der Waals surface area contributed by atoms with Crippen LogP contribution in [0.5, 0.6) is 5.75 Å². The van der Waals surface area contributed by atoms with Crippen LogP contribution < -0.4 is 0 Å². The molecule has 8 rings (SSSR count). The topological polar surface area (TPSA) is 77.6 Å². The minimum atomic E-state index is 0.223. The van der Waals surface area contributed by atoms with Gasteiger partial charge in [0.25, 0.3) is 0 Å². The van der Waals surface area contributed by atoms with Gasteiger partial charge in [0.2, 0.25) is 0 Å². The van der Waals surface area contributed by atoms with E-state index in [1.54, 1.807) is 12.1 Å². The summed E-state index contributed by atoms with van der Waals surface area (Å²) < 4.78 is 0. The number of hydrogen-bond acceptors (Lipinski definition) is 3. The Morgan fingerprint density at radius 1 is 0.500 bits per heavy atom. The van der Waals surface area contributed by atoms with E-state index >= 15 is 0 Å². The van der Waals surface area contributed by atoms with E-state index in [0.717, 1.165) is 78.2 Å². The van der Waals surface area contributed by atoms with Crippen molar-refractivity contribution in [2.24, 2.45) is 0 Å². The second kappa shape index (κ2) is 10.4. The summed E-state index contributed by atoms with van der Waals surface area (Å²) in [6.45, 7) is 2.10. The van der Waals surface area contributed by atoms with Gasteiger partial charge in [-0.25, -0.2) is 9.97 Å². The number of aryl methyl sites for hydroxylation is 1. The minimum Gasteiger partial charge on any atom is -0.508 e. The number of benzene rings is 3. The van der Waals surface area contributed by atoms with Gasteiger partial charge in [-0.2, -0.15) is 0 Å². The van der Waals surface area contributed by atoms with Crippen LogP contribution in [0.3, 0.4) is 0 Å². The number of rotatable bonds is 3. The molecule has 3 N–H and O–H groups in total. The van der Waals surface area contributed by atoms with Crippen LogP contribution in [0.25, 0.3) is 79.8 Å². The lowest BCUT2D eigenvalue weighted by atomic mass is 10.0. The van der Waals surface area contributed by atoms with Crippen molar-refractivity contribution < 1.29 is 5.11 Å². The van der Waals surface area contributed by atoms with Gasteiger partial charge in [0.15, 0.2) is 0 Å². The van der Waals surface area contributed by atoms with Gasteiger partial charge < -0.3 is 15.1 Å². The van der Waals surface area contributed by atoms with E-state index in [4.69, 9.17) is 9.97 Å². The molecule has 3 aromatic heterocycles. The Balaban J connectivity index is 1.53. The Labute approximate surface area is 254 Å². The third-order valence-electron chi connectivity index (χ3n) is 8.13. The summed E-state index contributed by atoms with van der Waals surface area (Å²) >= 11 is 0. The van der Waals surface area contributed by atoms with E-state index in [0.29, 0.717) is 0 Å². The Morgan fingerprint density at radius 2 is 1.02 bits per heavy atom. The Hall–Kier alpha value is -5.94. The monoisotopic (exact) mass is 568 g/mol. The molecule has 0 spiro atoms. The SMILES string of the molecule is Cc1ccc(-c2c3nc(cc4ccc([nH]4)c(-c4ccc(O)cc4)c4nc(c(-c5ccccc5)c5ccc2[nH]5)C=C4)C=C3)cc1. The number of H-pyrrole nitrogens is 2. The lowest BCUT2D eigenvalue weighted by molar-refractivity contribution is 0.475. The van der Waals surface area contributed by atoms with Gasteiger partial charge in [-0.15, -0.1) is 0 Å². The highest BCUT2D eigenvalue weighted by Crippen LogP contribution is 2.36. The third kappa shape index (κ3) is 4.61. The molecule has 5 nitrogen and oxygen atoms in total. The van der Waals surface area contributed by atoms with E-state index in [1.165, 1.54) is 5.56 Å². The fraction of sp³-hybridized carbons (Fsp3) is 0.0256. The number of phenols is 1. The number of hydrogen-bond donors (Lipinski definition) is 3. The molecule has 0 unspecified atom stereocenters. The number of fused-ring (bicyclic) bond motifs is 8. The van der Waals surface area contributed by atoms with Crippen LogP contribution in [0.1, 0.15) is 28.3 Å². The summed E-state index contributed by atoms with van der Waals surface area (Å²) in [6, 6.07) is 36.7. The standard InChI is InChI=1S/C39H28N4O/c1-24-7-9-26(10-8-24)38-31-17-13-28(40-31)23-29-14-18-32(41-29)39(27-11-15-30(44)16-12-27)36-22-20-34(43-36)37(25-5-3-2-4-6-25)33-19-21-35(38)42-33/h2-23,41-42,44H,1H3. The fourth-order valence-corrected chi connectivity index (χ4v) is 6.00. The Morgan fingerprint density at radius 3 is 1.68 bits per heavy atom. The number of nitrogens with zero attached hydrogens (tertiary/aromatic N) is 2. The highest BCUT2D eigenvalue weighted by atomic mass is 16.3. The second-order valence-corrected chi connectivity index (χ2v) is 11.1. The molecule has 0 radical (unpaired) electrons. The molecule has 8 bridgehead atoms. The fourth-order valence-electron chi connectivity index (χ4n) is 6.00. The lowest BCUT2D eigenvalue weighted by Gasteiger charge is -2.06. The minimum absolute atomic E-state index is 0.223. The summed E-state index contributed by atoms with van der Waals surface area (Å²) in [5.74, 6) is 0.223. The molecular formula is C39H28N4O. The zero-order valence-corrected chi connectivity index (χ0v) is 24.0. The molecule has 0 aliphatic carbocycles. The number of aromatic amines is 2. The molecule has 5 heteroatoms. The first-order chi connectivity index (χ1) is 21.6. The zero-order chi connectivity index (χ0) is 29.6. The normalized spacial score (nSPS) is 12.1. The zero-order valence-electron chi connectivity index (χ0n) is 24.0. The van der Waals surface area contributed by atoms with Crippen LogP contribution in [-0.2, 0) is 0 Å². The molecule has 0 saturated carbocycles. The predicted molar refractivity (Wildman–Crippen MR) is 182 cm³/mol. The van der Waals surface area contributed by atoms with Gasteiger partial charge in [0.1, 0.15) is 5.75 Å². The molecule has 0 amide bonds. The van der Waals surface area contributed by atoms with Crippen molar-refractivity contribution in [2.75, 3.05) is 0 Å². The number of phenolic OH excluding ortho intramolecular Hbond substituents is 1. The maximum atomic E-state index is 10.0. The van der Waals surface area contributed by atoms with E-state index in [2.05, 4.69) is 120 Å². The van der Waals surface area contributed by atoms with Crippen LogP contribution >= 0.6 is 0 Å². The van der Waals surface area contributed by atoms with Gasteiger partial charge in [-0.05, 0) is 90.4 Å². The van der Waals surface area contributed by atoms with Crippen molar-refractivity contribution in [3.63, 3.8) is 0 Å². The molecule has 6 aromatic rings. The summed E-state index contributed by atoms with van der Waals surface area (Å²) in [7, 11) is 0. The van der Waals surface area contributed by atoms with Crippen LogP contribution in [0.4, 0.5) is 0 Å². The predicted octanol–water partition coefficient (Wildman–Crippen LogP) is 9.67. The molecule has 0 atom stereocenters. The largest absolute Gasteiger partial charge is 0.508 e. The number of aromatic hydroxyl groups is 1. The van der Waals surface area contributed by atoms with Crippen molar-refractivity contribution in [1.82, 2.24) is 19.9 Å². The summed E-state index contributed by atoms with van der Waals surface area (Å²) in [5.41, 5.74) is 14.6. The number of aromatic nitrogens is 4. The molecule has 2 aliphatic rings. The average molecular weight is 569 g/mol. The first-order valence-electron chi connectivity index (χ1n) is 14.6. The van der Waals surface area contributed by atoms with E-state index in [-0.39, 0.29) is 5.75 Å². The Bertz CT molecular complexity index is 2230.